The Morgan fingerprint density at radius 1 is 1.18 bits per heavy atom. The molecule has 0 fully saturated rings. The van der Waals surface area contributed by atoms with Crippen molar-refractivity contribution in [3.63, 3.8) is 0 Å². The number of benzene rings is 3. The molecule has 0 atom stereocenters. The molecular formula is C28H25BrClFN4O4. The molecule has 0 unspecified atom stereocenters. The summed E-state index contributed by atoms with van der Waals surface area (Å²) in [5, 5.41) is 7.66. The lowest BCUT2D eigenvalue weighted by molar-refractivity contribution is -0.118. The smallest absolute Gasteiger partial charge is 0.282 e. The van der Waals surface area contributed by atoms with E-state index in [0.29, 0.717) is 28.0 Å². The minimum atomic E-state index is -0.473. The molecule has 0 aliphatic heterocycles. The molecule has 8 nitrogen and oxygen atoms in total. The first kappa shape index (κ1) is 28.3. The van der Waals surface area contributed by atoms with Crippen molar-refractivity contribution >= 4 is 56.2 Å². The van der Waals surface area contributed by atoms with Gasteiger partial charge < -0.3 is 14.8 Å². The second-order valence-electron chi connectivity index (χ2n) is 9.59. The second kappa shape index (κ2) is 11.5. The number of rotatable bonds is 7. The second-order valence-corrected chi connectivity index (χ2v) is 10.9. The number of nitrogens with zero attached hydrogens (tertiary/aromatic N) is 3. The van der Waals surface area contributed by atoms with Crippen LogP contribution in [0.1, 0.15) is 32.2 Å². The molecule has 0 saturated carbocycles. The van der Waals surface area contributed by atoms with E-state index in [9.17, 15) is 14.0 Å². The van der Waals surface area contributed by atoms with Gasteiger partial charge in [-0.1, -0.05) is 48.3 Å². The van der Waals surface area contributed by atoms with E-state index in [1.165, 1.54) is 42.3 Å². The van der Waals surface area contributed by atoms with E-state index >= 15 is 0 Å². The Kier molecular flexibility index (Phi) is 8.36. The van der Waals surface area contributed by atoms with Crippen molar-refractivity contribution in [2.24, 2.45) is 5.10 Å². The number of carbonyl (C=O) groups excluding carboxylic acids is 1. The van der Waals surface area contributed by atoms with E-state index in [0.717, 1.165) is 4.47 Å². The summed E-state index contributed by atoms with van der Waals surface area (Å²) in [7, 11) is 1.44. The highest BCUT2D eigenvalue weighted by molar-refractivity contribution is 9.10. The zero-order valence-corrected chi connectivity index (χ0v) is 23.9. The lowest BCUT2D eigenvalue weighted by Gasteiger charge is -2.21. The highest BCUT2D eigenvalue weighted by Crippen LogP contribution is 2.36. The van der Waals surface area contributed by atoms with Crippen LogP contribution in [0.25, 0.3) is 10.9 Å². The zero-order chi connectivity index (χ0) is 28.3. The maximum atomic E-state index is 13.4. The molecule has 4 rings (SSSR count). The number of nitrogens with one attached hydrogen (secondary N) is 1. The summed E-state index contributed by atoms with van der Waals surface area (Å²) < 4.78 is 26.2. The first-order valence-electron chi connectivity index (χ1n) is 11.8. The summed E-state index contributed by atoms with van der Waals surface area (Å²) in [6.07, 6.45) is 1.47. The normalized spacial score (nSPS) is 11.7. The Morgan fingerprint density at radius 2 is 1.90 bits per heavy atom. The first-order valence-corrected chi connectivity index (χ1v) is 13.0. The molecule has 3 aromatic carbocycles. The predicted molar refractivity (Wildman–Crippen MR) is 154 cm³/mol. The molecule has 0 aliphatic rings. The molecule has 0 bridgehead atoms. The van der Waals surface area contributed by atoms with Gasteiger partial charge in [-0.3, -0.25) is 9.59 Å². The fourth-order valence-electron chi connectivity index (χ4n) is 3.69. The molecule has 1 heterocycles. The third-order valence-electron chi connectivity index (χ3n) is 5.53. The molecule has 0 spiro atoms. The van der Waals surface area contributed by atoms with Gasteiger partial charge >= 0.3 is 0 Å². The van der Waals surface area contributed by atoms with Crippen molar-refractivity contribution in [1.82, 2.24) is 9.66 Å². The van der Waals surface area contributed by atoms with Gasteiger partial charge in [0, 0.05) is 15.6 Å². The highest BCUT2D eigenvalue weighted by Gasteiger charge is 2.23. The monoisotopic (exact) mass is 614 g/mol. The predicted octanol–water partition coefficient (Wildman–Crippen LogP) is 6.16. The summed E-state index contributed by atoms with van der Waals surface area (Å²) in [6.45, 7) is 5.49. The number of aromatic nitrogens is 2. The summed E-state index contributed by atoms with van der Waals surface area (Å²) in [5.74, 6) is 0.0466. The van der Waals surface area contributed by atoms with Crippen LogP contribution in [0.4, 0.5) is 10.1 Å². The summed E-state index contributed by atoms with van der Waals surface area (Å²) in [4.78, 5) is 30.4. The molecule has 0 saturated heterocycles. The van der Waals surface area contributed by atoms with Gasteiger partial charge in [0.15, 0.2) is 18.1 Å². The third kappa shape index (κ3) is 6.63. The molecular weight excluding hydrogens is 591 g/mol. The summed E-state index contributed by atoms with van der Waals surface area (Å²) in [6, 6.07) is 13.9. The molecule has 202 valence electrons. The van der Waals surface area contributed by atoms with Crippen molar-refractivity contribution in [3.05, 3.63) is 91.7 Å². The van der Waals surface area contributed by atoms with Gasteiger partial charge in [-0.05, 0) is 60.2 Å². The number of ether oxygens (including phenoxy) is 2. The van der Waals surface area contributed by atoms with E-state index in [2.05, 4.69) is 26.3 Å². The molecule has 0 radical (unpaired) electrons. The van der Waals surface area contributed by atoms with Crippen LogP contribution in [0, 0.1) is 5.82 Å². The van der Waals surface area contributed by atoms with E-state index in [-0.39, 0.29) is 28.7 Å². The Morgan fingerprint density at radius 3 is 2.56 bits per heavy atom. The van der Waals surface area contributed by atoms with Gasteiger partial charge in [-0.15, -0.1) is 0 Å². The van der Waals surface area contributed by atoms with Crippen LogP contribution in [-0.4, -0.2) is 35.5 Å². The van der Waals surface area contributed by atoms with Gasteiger partial charge in [0.05, 0.1) is 29.2 Å². The van der Waals surface area contributed by atoms with Crippen molar-refractivity contribution < 1.29 is 18.7 Å². The van der Waals surface area contributed by atoms with E-state index < -0.39 is 17.1 Å². The number of anilines is 1. The van der Waals surface area contributed by atoms with Crippen molar-refractivity contribution in [2.75, 3.05) is 19.0 Å². The minimum Gasteiger partial charge on any atom is -0.493 e. The zero-order valence-electron chi connectivity index (χ0n) is 21.6. The van der Waals surface area contributed by atoms with E-state index in [1.807, 2.05) is 26.8 Å². The minimum absolute atomic E-state index is 0.162. The number of methoxy groups -OCH3 is 1. The largest absolute Gasteiger partial charge is 0.493 e. The number of carbonyl (C=O) groups is 1. The molecule has 1 amide bonds. The Hall–Kier alpha value is -3.76. The maximum Gasteiger partial charge on any atom is 0.282 e. The number of amides is 1. The van der Waals surface area contributed by atoms with Crippen molar-refractivity contribution in [2.45, 2.75) is 26.2 Å². The first-order chi connectivity index (χ1) is 18.5. The molecule has 0 aliphatic carbocycles. The number of fused-ring (bicyclic) bond motifs is 1. The van der Waals surface area contributed by atoms with Crippen molar-refractivity contribution in [1.29, 1.82) is 0 Å². The molecule has 11 heteroatoms. The van der Waals surface area contributed by atoms with Gasteiger partial charge in [0.1, 0.15) is 11.6 Å². The van der Waals surface area contributed by atoms with Crippen LogP contribution < -0.4 is 20.3 Å². The van der Waals surface area contributed by atoms with Crippen LogP contribution in [-0.2, 0) is 10.2 Å². The third-order valence-corrected chi connectivity index (χ3v) is 6.30. The van der Waals surface area contributed by atoms with Gasteiger partial charge in [0.2, 0.25) is 0 Å². The number of hydrogen-bond acceptors (Lipinski definition) is 6. The van der Waals surface area contributed by atoms with Gasteiger partial charge in [-0.2, -0.15) is 9.78 Å². The van der Waals surface area contributed by atoms with Crippen LogP contribution in [0.2, 0.25) is 5.02 Å². The lowest BCUT2D eigenvalue weighted by atomic mass is 9.95. The van der Waals surface area contributed by atoms with Crippen LogP contribution >= 0.6 is 27.5 Å². The van der Waals surface area contributed by atoms with E-state index in [4.69, 9.17) is 26.1 Å². The Balaban J connectivity index is 1.61. The summed E-state index contributed by atoms with van der Waals surface area (Å²) >= 11 is 9.86. The van der Waals surface area contributed by atoms with Crippen LogP contribution in [0.5, 0.6) is 11.5 Å². The molecule has 39 heavy (non-hydrogen) atoms. The van der Waals surface area contributed by atoms with Gasteiger partial charge in [-0.25, -0.2) is 9.37 Å². The number of hydrogen-bond donors (Lipinski definition) is 1. The molecule has 1 aromatic heterocycles. The van der Waals surface area contributed by atoms with Gasteiger partial charge in [0.25, 0.3) is 11.5 Å². The Labute approximate surface area is 237 Å². The van der Waals surface area contributed by atoms with E-state index in [1.54, 1.807) is 24.3 Å². The van der Waals surface area contributed by atoms with Crippen molar-refractivity contribution in [3.8, 4) is 11.5 Å². The quantitative estimate of drug-likeness (QED) is 0.252. The average Bonchev–Trinajstić information content (AvgIpc) is 2.88. The summed E-state index contributed by atoms with van der Waals surface area (Å²) in [5.41, 5.74) is 0.747. The number of halogens is 3. The lowest BCUT2D eigenvalue weighted by Crippen LogP contribution is -2.29. The molecule has 4 aromatic rings. The standard InChI is InChI=1S/C28H25BrClFN4O4/c1-28(2,3)27-34-22-10-5-17(29)13-20(22)26(37)35(27)32-14-16-11-21(30)25(23(12-16)38-4)39-15-24(36)33-19-8-6-18(31)7-9-19/h5-14H,15H2,1-4H3,(H,33,36). The maximum absolute atomic E-state index is 13.4. The SMILES string of the molecule is COc1cc(C=Nn2c(C(C)(C)C)nc3ccc(Br)cc3c2=O)cc(Cl)c1OCC(=O)Nc1ccc(F)cc1. The van der Waals surface area contributed by atoms with Crippen LogP contribution in [0.15, 0.2) is 69.0 Å². The highest BCUT2D eigenvalue weighted by atomic mass is 79.9. The fourth-order valence-corrected chi connectivity index (χ4v) is 4.32. The molecule has 1 N–H and O–H groups in total. The van der Waals surface area contributed by atoms with Crippen LogP contribution in [0.3, 0.4) is 0 Å². The topological polar surface area (TPSA) is 94.8 Å². The fraction of sp³-hybridized carbons (Fsp3) is 0.214. The average molecular weight is 616 g/mol. The Bertz CT molecular complexity index is 1630.